The molecule has 0 saturated carbocycles. The van der Waals surface area contributed by atoms with Crippen molar-refractivity contribution in [1.82, 2.24) is 19.7 Å². The van der Waals surface area contributed by atoms with Crippen LogP contribution in [0.2, 0.25) is 0 Å². The molecule has 2 aromatic rings. The molecule has 2 heterocycles. The SMILES string of the molecule is CNc1cc(NCCc2ncn(C)n2)ccn1. The van der Waals surface area contributed by atoms with Gasteiger partial charge in [0.2, 0.25) is 0 Å². The van der Waals surface area contributed by atoms with E-state index in [1.165, 1.54) is 0 Å². The Morgan fingerprint density at radius 2 is 2.24 bits per heavy atom. The van der Waals surface area contributed by atoms with Gasteiger partial charge in [-0.25, -0.2) is 9.97 Å². The smallest absolute Gasteiger partial charge is 0.152 e. The van der Waals surface area contributed by atoms with E-state index in [2.05, 4.69) is 25.7 Å². The lowest BCUT2D eigenvalue weighted by Crippen LogP contribution is -2.07. The van der Waals surface area contributed by atoms with Crippen molar-refractivity contribution in [2.24, 2.45) is 7.05 Å². The highest BCUT2D eigenvalue weighted by Crippen LogP contribution is 2.10. The van der Waals surface area contributed by atoms with Gasteiger partial charge in [-0.2, -0.15) is 5.10 Å². The molecule has 0 aromatic carbocycles. The molecule has 0 aliphatic carbocycles. The number of rotatable bonds is 5. The van der Waals surface area contributed by atoms with Gasteiger partial charge in [-0.15, -0.1) is 0 Å². The Hall–Kier alpha value is -2.11. The minimum absolute atomic E-state index is 0.803. The maximum atomic E-state index is 4.22. The zero-order chi connectivity index (χ0) is 12.1. The van der Waals surface area contributed by atoms with Crippen LogP contribution in [-0.4, -0.2) is 33.3 Å². The summed E-state index contributed by atoms with van der Waals surface area (Å²) in [4.78, 5) is 8.32. The molecule has 2 N–H and O–H groups in total. The zero-order valence-electron chi connectivity index (χ0n) is 10.0. The Balaban J connectivity index is 1.85. The Kier molecular flexibility index (Phi) is 3.54. The van der Waals surface area contributed by atoms with Gasteiger partial charge in [-0.3, -0.25) is 4.68 Å². The molecule has 17 heavy (non-hydrogen) atoms. The molecule has 0 amide bonds. The Morgan fingerprint density at radius 1 is 1.35 bits per heavy atom. The zero-order valence-corrected chi connectivity index (χ0v) is 10.0. The first kappa shape index (κ1) is 11.4. The number of anilines is 2. The molecule has 2 rings (SSSR count). The molecule has 0 spiro atoms. The maximum absolute atomic E-state index is 4.22. The summed E-state index contributed by atoms with van der Waals surface area (Å²) in [6.07, 6.45) is 4.28. The van der Waals surface area contributed by atoms with E-state index in [0.717, 1.165) is 30.3 Å². The molecule has 0 saturated heterocycles. The van der Waals surface area contributed by atoms with Gasteiger partial charge in [-0.05, 0) is 6.07 Å². The number of hydrogen-bond donors (Lipinski definition) is 2. The van der Waals surface area contributed by atoms with Gasteiger partial charge in [0, 0.05) is 45.0 Å². The molecule has 2 aromatic heterocycles. The van der Waals surface area contributed by atoms with E-state index in [1.807, 2.05) is 26.2 Å². The topological polar surface area (TPSA) is 67.7 Å². The van der Waals surface area contributed by atoms with Crippen molar-refractivity contribution in [1.29, 1.82) is 0 Å². The Bertz CT molecular complexity index is 478. The number of pyridine rings is 1. The first-order valence-corrected chi connectivity index (χ1v) is 5.50. The predicted molar refractivity (Wildman–Crippen MR) is 67.0 cm³/mol. The first-order chi connectivity index (χ1) is 8.28. The summed E-state index contributed by atoms with van der Waals surface area (Å²) in [6.45, 7) is 0.803. The number of aromatic nitrogens is 4. The fraction of sp³-hybridized carbons (Fsp3) is 0.364. The molecule has 0 atom stereocenters. The van der Waals surface area contributed by atoms with Gasteiger partial charge >= 0.3 is 0 Å². The minimum atomic E-state index is 0.803. The highest BCUT2D eigenvalue weighted by Gasteiger charge is 1.99. The summed E-state index contributed by atoms with van der Waals surface area (Å²) in [7, 11) is 3.72. The fourth-order valence-electron chi connectivity index (χ4n) is 1.49. The standard InChI is InChI=1S/C11H16N6/c1-12-11-7-9(3-5-14-11)13-6-4-10-15-8-17(2)16-10/h3,5,7-8H,4,6H2,1-2H3,(H2,12,13,14). The van der Waals surface area contributed by atoms with E-state index in [0.29, 0.717) is 0 Å². The second-order valence-corrected chi connectivity index (χ2v) is 3.69. The van der Waals surface area contributed by atoms with Crippen molar-refractivity contribution in [2.45, 2.75) is 6.42 Å². The van der Waals surface area contributed by atoms with E-state index in [9.17, 15) is 0 Å². The van der Waals surface area contributed by atoms with Crippen LogP contribution in [0.5, 0.6) is 0 Å². The second-order valence-electron chi connectivity index (χ2n) is 3.69. The van der Waals surface area contributed by atoms with E-state index >= 15 is 0 Å². The van der Waals surface area contributed by atoms with Crippen LogP contribution in [-0.2, 0) is 13.5 Å². The average molecular weight is 232 g/mol. The predicted octanol–water partition coefficient (Wildman–Crippen LogP) is 0.906. The van der Waals surface area contributed by atoms with Crippen LogP contribution in [0.25, 0.3) is 0 Å². The average Bonchev–Trinajstić information content (AvgIpc) is 2.75. The highest BCUT2D eigenvalue weighted by molar-refractivity contribution is 5.51. The largest absolute Gasteiger partial charge is 0.384 e. The quantitative estimate of drug-likeness (QED) is 0.802. The van der Waals surface area contributed by atoms with Crippen molar-refractivity contribution in [3.63, 3.8) is 0 Å². The summed E-state index contributed by atoms with van der Waals surface area (Å²) in [5, 5.41) is 10.5. The van der Waals surface area contributed by atoms with Crippen molar-refractivity contribution >= 4 is 11.5 Å². The summed E-state index contributed by atoms with van der Waals surface area (Å²) >= 11 is 0. The normalized spacial score (nSPS) is 10.2. The number of nitrogens with zero attached hydrogens (tertiary/aromatic N) is 4. The molecule has 0 aliphatic rings. The van der Waals surface area contributed by atoms with Crippen LogP contribution in [0.15, 0.2) is 24.7 Å². The number of nitrogens with one attached hydrogen (secondary N) is 2. The number of hydrogen-bond acceptors (Lipinski definition) is 5. The van der Waals surface area contributed by atoms with E-state index in [4.69, 9.17) is 0 Å². The van der Waals surface area contributed by atoms with Crippen molar-refractivity contribution < 1.29 is 0 Å². The van der Waals surface area contributed by atoms with Gasteiger partial charge in [0.1, 0.15) is 12.1 Å². The summed E-state index contributed by atoms with van der Waals surface area (Å²) in [5.74, 6) is 1.70. The first-order valence-electron chi connectivity index (χ1n) is 5.50. The molecular weight excluding hydrogens is 216 g/mol. The van der Waals surface area contributed by atoms with E-state index in [-0.39, 0.29) is 0 Å². The van der Waals surface area contributed by atoms with Crippen molar-refractivity contribution in [3.05, 3.63) is 30.5 Å². The molecule has 0 radical (unpaired) electrons. The summed E-state index contributed by atoms with van der Waals surface area (Å²) in [6, 6.07) is 3.90. The molecule has 0 unspecified atom stereocenters. The van der Waals surface area contributed by atoms with Crippen LogP contribution in [0.1, 0.15) is 5.82 Å². The van der Waals surface area contributed by atoms with Gasteiger partial charge in [0.15, 0.2) is 5.82 Å². The van der Waals surface area contributed by atoms with Crippen LogP contribution >= 0.6 is 0 Å². The van der Waals surface area contributed by atoms with Crippen molar-refractivity contribution in [3.8, 4) is 0 Å². The lowest BCUT2D eigenvalue weighted by molar-refractivity contribution is 0.742. The maximum Gasteiger partial charge on any atom is 0.152 e. The van der Waals surface area contributed by atoms with Gasteiger partial charge in [-0.1, -0.05) is 0 Å². The van der Waals surface area contributed by atoms with Crippen LogP contribution in [0.3, 0.4) is 0 Å². The Labute approximate surface area is 100 Å². The second kappa shape index (κ2) is 5.29. The molecule has 0 bridgehead atoms. The lowest BCUT2D eigenvalue weighted by Gasteiger charge is -2.06. The monoisotopic (exact) mass is 232 g/mol. The third-order valence-corrected chi connectivity index (χ3v) is 2.34. The van der Waals surface area contributed by atoms with Crippen molar-refractivity contribution in [2.75, 3.05) is 24.2 Å². The minimum Gasteiger partial charge on any atom is -0.384 e. The van der Waals surface area contributed by atoms with Gasteiger partial charge in [0.25, 0.3) is 0 Å². The number of aryl methyl sites for hydroxylation is 1. The molecule has 90 valence electrons. The van der Waals surface area contributed by atoms with E-state index < -0.39 is 0 Å². The highest BCUT2D eigenvalue weighted by atomic mass is 15.3. The van der Waals surface area contributed by atoms with Crippen LogP contribution < -0.4 is 10.6 Å². The van der Waals surface area contributed by atoms with Gasteiger partial charge in [0.05, 0.1) is 0 Å². The third kappa shape index (κ3) is 3.17. The molecule has 6 nitrogen and oxygen atoms in total. The summed E-state index contributed by atoms with van der Waals surface area (Å²) in [5.41, 5.74) is 1.04. The lowest BCUT2D eigenvalue weighted by atomic mass is 10.3. The van der Waals surface area contributed by atoms with Crippen LogP contribution in [0.4, 0.5) is 11.5 Å². The van der Waals surface area contributed by atoms with Gasteiger partial charge < -0.3 is 10.6 Å². The summed E-state index contributed by atoms with van der Waals surface area (Å²) < 4.78 is 1.71. The van der Waals surface area contributed by atoms with Crippen LogP contribution in [0, 0.1) is 0 Å². The molecule has 0 fully saturated rings. The molecule has 0 aliphatic heterocycles. The van der Waals surface area contributed by atoms with E-state index in [1.54, 1.807) is 17.2 Å². The third-order valence-electron chi connectivity index (χ3n) is 2.34. The molecule has 6 heteroatoms. The Morgan fingerprint density at radius 3 is 2.94 bits per heavy atom. The fourth-order valence-corrected chi connectivity index (χ4v) is 1.49. The molecular formula is C11H16N6.